The zero-order valence-electron chi connectivity index (χ0n) is 6.23. The molecule has 0 aliphatic heterocycles. The lowest BCUT2D eigenvalue weighted by Gasteiger charge is -1.99. The van der Waals surface area contributed by atoms with Gasteiger partial charge in [-0.3, -0.25) is 0 Å². The molecule has 58 valence electrons. The molecule has 0 amide bonds. The Morgan fingerprint density at radius 2 is 2.00 bits per heavy atom. The molecule has 0 aliphatic rings. The average Bonchev–Trinajstić information content (AvgIpc) is 2.07. The minimum absolute atomic E-state index is 0.741. The van der Waals surface area contributed by atoms with Gasteiger partial charge in [0.1, 0.15) is 11.4 Å². The minimum Gasteiger partial charge on any atom is -0.586 e. The second-order valence-electron chi connectivity index (χ2n) is 1.93. The summed E-state index contributed by atoms with van der Waals surface area (Å²) >= 11 is -1.21. The summed E-state index contributed by atoms with van der Waals surface area (Å²) in [5, 5.41) is 0. The van der Waals surface area contributed by atoms with Crippen LogP contribution in [0.25, 0.3) is 0 Å². The molecule has 2 nitrogen and oxygen atoms in total. The largest absolute Gasteiger partial charge is 0.586 e. The van der Waals surface area contributed by atoms with Crippen LogP contribution in [0.4, 0.5) is 0 Å². The fraction of sp³-hybridized carbons (Fsp3) is 0.125. The monoisotopic (exact) mass is 167 g/mol. The molecule has 0 fully saturated rings. The minimum atomic E-state index is -1.21. The molecule has 1 aromatic carbocycles. The molecule has 11 heavy (non-hydrogen) atoms. The lowest BCUT2D eigenvalue weighted by molar-refractivity contribution is 0.597. The quantitative estimate of drug-likeness (QED) is 0.488. The van der Waals surface area contributed by atoms with Crippen molar-refractivity contribution in [3.63, 3.8) is 0 Å². The van der Waals surface area contributed by atoms with Crippen LogP contribution >= 0.6 is 0 Å². The number of benzene rings is 1. The normalized spacial score (nSPS) is 13.6. The van der Waals surface area contributed by atoms with Crippen molar-refractivity contribution in [1.29, 1.82) is 0 Å². The van der Waals surface area contributed by atoms with Gasteiger partial charge >= 0.3 is 0 Å². The molecule has 0 aliphatic carbocycles. The van der Waals surface area contributed by atoms with Crippen molar-refractivity contribution in [3.8, 4) is 0 Å². The van der Waals surface area contributed by atoms with Crippen LogP contribution in [0.3, 0.4) is 0 Å². The fourth-order valence-corrected chi connectivity index (χ4v) is 1.40. The molecular formula is C8H9NOS. The Morgan fingerprint density at radius 3 is 2.55 bits per heavy atom. The van der Waals surface area contributed by atoms with E-state index < -0.39 is 11.4 Å². The third-order valence-corrected chi connectivity index (χ3v) is 2.22. The zero-order valence-corrected chi connectivity index (χ0v) is 7.04. The first-order valence-corrected chi connectivity index (χ1v) is 4.41. The second kappa shape index (κ2) is 4.16. The van der Waals surface area contributed by atoms with Crippen molar-refractivity contribution >= 4 is 17.6 Å². The molecule has 0 aromatic heterocycles. The molecule has 0 radical (unpaired) electrons. The van der Waals surface area contributed by atoms with Gasteiger partial charge in [0.25, 0.3) is 0 Å². The van der Waals surface area contributed by atoms with Gasteiger partial charge in [0.15, 0.2) is 4.90 Å². The van der Waals surface area contributed by atoms with E-state index in [0.717, 1.165) is 4.90 Å². The summed E-state index contributed by atoms with van der Waals surface area (Å²) in [5.41, 5.74) is 0. The van der Waals surface area contributed by atoms with Gasteiger partial charge in [-0.1, -0.05) is 22.6 Å². The first-order valence-electron chi connectivity index (χ1n) is 3.30. The average molecular weight is 167 g/mol. The van der Waals surface area contributed by atoms with Gasteiger partial charge in [0.05, 0.1) is 6.21 Å². The summed E-state index contributed by atoms with van der Waals surface area (Å²) < 4.78 is 14.9. The summed E-state index contributed by atoms with van der Waals surface area (Å²) in [5.74, 6) is 0. The van der Waals surface area contributed by atoms with Crippen LogP contribution < -0.4 is 0 Å². The van der Waals surface area contributed by atoms with Crippen LogP contribution in [0.5, 0.6) is 0 Å². The van der Waals surface area contributed by atoms with Crippen molar-refractivity contribution in [2.45, 2.75) is 11.8 Å². The summed E-state index contributed by atoms with van der Waals surface area (Å²) in [4.78, 5) is 0.741. The topological polar surface area (TPSA) is 35.4 Å². The van der Waals surface area contributed by atoms with Gasteiger partial charge in [-0.15, -0.1) is 0 Å². The van der Waals surface area contributed by atoms with Crippen molar-refractivity contribution < 1.29 is 4.55 Å². The van der Waals surface area contributed by atoms with Crippen molar-refractivity contribution in [2.24, 2.45) is 4.40 Å². The molecular weight excluding hydrogens is 158 g/mol. The third-order valence-electron chi connectivity index (χ3n) is 1.15. The van der Waals surface area contributed by atoms with Crippen molar-refractivity contribution in [3.05, 3.63) is 30.3 Å². The van der Waals surface area contributed by atoms with Gasteiger partial charge in [0.2, 0.25) is 0 Å². The first-order chi connectivity index (χ1) is 5.34. The molecule has 0 heterocycles. The van der Waals surface area contributed by atoms with Crippen LogP contribution in [-0.4, -0.2) is 10.8 Å². The third kappa shape index (κ3) is 2.37. The van der Waals surface area contributed by atoms with Gasteiger partial charge < -0.3 is 4.55 Å². The molecule has 0 bridgehead atoms. The van der Waals surface area contributed by atoms with E-state index in [-0.39, 0.29) is 0 Å². The Morgan fingerprint density at radius 1 is 1.36 bits per heavy atom. The smallest absolute Gasteiger partial charge is 0.182 e. The Balaban J connectivity index is 2.76. The maximum Gasteiger partial charge on any atom is 0.182 e. The molecule has 3 heteroatoms. The number of hydrogen-bond donors (Lipinski definition) is 0. The summed E-state index contributed by atoms with van der Waals surface area (Å²) in [6, 6.07) is 9.17. The predicted molar refractivity (Wildman–Crippen MR) is 47.0 cm³/mol. The Labute approximate surface area is 69.3 Å². The van der Waals surface area contributed by atoms with Crippen molar-refractivity contribution in [1.82, 2.24) is 0 Å². The first kappa shape index (κ1) is 8.30. The SMILES string of the molecule is CC=N[S+]([O-])c1ccccc1. The molecule has 0 N–H and O–H groups in total. The highest BCUT2D eigenvalue weighted by atomic mass is 32.2. The van der Waals surface area contributed by atoms with Crippen LogP contribution in [-0.2, 0) is 11.4 Å². The van der Waals surface area contributed by atoms with E-state index in [1.165, 1.54) is 0 Å². The predicted octanol–water partition coefficient (Wildman–Crippen LogP) is 1.80. The van der Waals surface area contributed by atoms with E-state index in [0.29, 0.717) is 0 Å². The molecule has 1 atom stereocenters. The van der Waals surface area contributed by atoms with E-state index in [9.17, 15) is 4.55 Å². The summed E-state index contributed by atoms with van der Waals surface area (Å²) in [6.45, 7) is 1.75. The van der Waals surface area contributed by atoms with E-state index >= 15 is 0 Å². The van der Waals surface area contributed by atoms with Crippen LogP contribution in [0.2, 0.25) is 0 Å². The van der Waals surface area contributed by atoms with E-state index in [1.807, 2.05) is 18.2 Å². The maximum atomic E-state index is 11.2. The van der Waals surface area contributed by atoms with Crippen LogP contribution in [0.15, 0.2) is 39.6 Å². The van der Waals surface area contributed by atoms with Gasteiger partial charge in [-0.25, -0.2) is 0 Å². The highest BCUT2D eigenvalue weighted by Crippen LogP contribution is 2.09. The zero-order chi connectivity index (χ0) is 8.10. The van der Waals surface area contributed by atoms with E-state index in [4.69, 9.17) is 0 Å². The molecule has 0 saturated carbocycles. The lowest BCUT2D eigenvalue weighted by atomic mass is 10.4. The number of hydrogen-bond acceptors (Lipinski definition) is 2. The van der Waals surface area contributed by atoms with Crippen LogP contribution in [0.1, 0.15) is 6.92 Å². The molecule has 0 spiro atoms. The van der Waals surface area contributed by atoms with E-state index in [1.54, 1.807) is 25.3 Å². The highest BCUT2D eigenvalue weighted by Gasteiger charge is 2.05. The highest BCUT2D eigenvalue weighted by molar-refractivity contribution is 7.90. The summed E-state index contributed by atoms with van der Waals surface area (Å²) in [6.07, 6.45) is 1.54. The summed E-state index contributed by atoms with van der Waals surface area (Å²) in [7, 11) is 0. The van der Waals surface area contributed by atoms with Crippen molar-refractivity contribution in [2.75, 3.05) is 0 Å². The van der Waals surface area contributed by atoms with Gasteiger partial charge in [0, 0.05) is 0 Å². The Bertz CT molecular complexity index is 235. The second-order valence-corrected chi connectivity index (χ2v) is 3.11. The molecule has 1 rings (SSSR count). The Hall–Kier alpha value is -0.800. The molecule has 0 saturated heterocycles. The van der Waals surface area contributed by atoms with Gasteiger partial charge in [-0.05, 0) is 19.1 Å². The molecule has 1 aromatic rings. The standard InChI is InChI=1S/C8H9NOS/c1-2-9-11(10)8-6-4-3-5-7-8/h2-7H,1H3. The van der Waals surface area contributed by atoms with E-state index in [2.05, 4.69) is 4.40 Å². The fourth-order valence-electron chi connectivity index (χ4n) is 0.694. The number of nitrogens with zero attached hydrogens (tertiary/aromatic N) is 1. The van der Waals surface area contributed by atoms with Gasteiger partial charge in [-0.2, -0.15) is 0 Å². The van der Waals surface area contributed by atoms with Crippen LogP contribution in [0, 0.1) is 0 Å². The maximum absolute atomic E-state index is 11.2. The Kier molecular flexibility index (Phi) is 3.14. The molecule has 1 unspecified atom stereocenters. The number of rotatable bonds is 2. The lowest BCUT2D eigenvalue weighted by Crippen LogP contribution is -1.95.